The molecule has 0 saturated carbocycles. The highest BCUT2D eigenvalue weighted by atomic mass is 16.1. The SMILES string of the molecule is Cc1ccc(CNC(=O)c2cc(N)n[nH]2)cc1. The van der Waals surface area contributed by atoms with Gasteiger partial charge in [0.05, 0.1) is 0 Å². The number of benzene rings is 1. The normalized spacial score (nSPS) is 10.2. The first-order valence-corrected chi connectivity index (χ1v) is 5.30. The number of nitrogens with one attached hydrogen (secondary N) is 2. The van der Waals surface area contributed by atoms with E-state index in [0.29, 0.717) is 18.1 Å². The van der Waals surface area contributed by atoms with Crippen molar-refractivity contribution in [3.05, 3.63) is 47.2 Å². The molecule has 17 heavy (non-hydrogen) atoms. The maximum Gasteiger partial charge on any atom is 0.269 e. The molecule has 0 saturated heterocycles. The number of hydrogen-bond acceptors (Lipinski definition) is 3. The fourth-order valence-corrected chi connectivity index (χ4v) is 1.44. The van der Waals surface area contributed by atoms with E-state index in [1.165, 1.54) is 11.6 Å². The number of aryl methyl sites for hydroxylation is 1. The zero-order valence-electron chi connectivity index (χ0n) is 9.53. The molecule has 5 nitrogen and oxygen atoms in total. The van der Waals surface area contributed by atoms with Crippen molar-refractivity contribution < 1.29 is 4.79 Å². The second-order valence-corrected chi connectivity index (χ2v) is 3.87. The molecule has 2 rings (SSSR count). The molecule has 1 amide bonds. The van der Waals surface area contributed by atoms with Crippen LogP contribution in [-0.4, -0.2) is 16.1 Å². The van der Waals surface area contributed by atoms with E-state index in [-0.39, 0.29) is 5.91 Å². The molecule has 2 aromatic rings. The zero-order valence-corrected chi connectivity index (χ0v) is 9.53. The first-order chi connectivity index (χ1) is 8.15. The van der Waals surface area contributed by atoms with E-state index >= 15 is 0 Å². The van der Waals surface area contributed by atoms with Crippen LogP contribution < -0.4 is 11.1 Å². The van der Waals surface area contributed by atoms with Crippen LogP contribution in [0, 0.1) is 6.92 Å². The highest BCUT2D eigenvalue weighted by Crippen LogP contribution is 2.04. The highest BCUT2D eigenvalue weighted by Gasteiger charge is 2.07. The standard InChI is InChI=1S/C12H14N4O/c1-8-2-4-9(5-3-8)7-14-12(17)10-6-11(13)16-15-10/h2-6H,7H2,1H3,(H,14,17)(H3,13,15,16). The largest absolute Gasteiger partial charge is 0.382 e. The van der Waals surface area contributed by atoms with Crippen LogP contribution in [0.1, 0.15) is 21.6 Å². The number of H-pyrrole nitrogens is 1. The van der Waals surface area contributed by atoms with Crippen LogP contribution >= 0.6 is 0 Å². The monoisotopic (exact) mass is 230 g/mol. The van der Waals surface area contributed by atoms with Crippen LogP contribution in [0.5, 0.6) is 0 Å². The molecule has 0 bridgehead atoms. The second kappa shape index (κ2) is 4.69. The number of nitrogens with zero attached hydrogens (tertiary/aromatic N) is 1. The Morgan fingerprint density at radius 1 is 1.41 bits per heavy atom. The Kier molecular flexibility index (Phi) is 3.09. The molecule has 0 aliphatic heterocycles. The lowest BCUT2D eigenvalue weighted by molar-refractivity contribution is 0.0946. The zero-order chi connectivity index (χ0) is 12.3. The maximum atomic E-state index is 11.7. The molecule has 0 atom stereocenters. The van der Waals surface area contributed by atoms with E-state index in [1.807, 2.05) is 31.2 Å². The second-order valence-electron chi connectivity index (χ2n) is 3.87. The van der Waals surface area contributed by atoms with Crippen LogP contribution in [0.2, 0.25) is 0 Å². The van der Waals surface area contributed by atoms with Gasteiger partial charge in [-0.2, -0.15) is 5.10 Å². The van der Waals surface area contributed by atoms with Gasteiger partial charge in [0.2, 0.25) is 0 Å². The van der Waals surface area contributed by atoms with Gasteiger partial charge >= 0.3 is 0 Å². The lowest BCUT2D eigenvalue weighted by Crippen LogP contribution is -2.23. The van der Waals surface area contributed by atoms with Crippen LogP contribution in [-0.2, 0) is 6.54 Å². The summed E-state index contributed by atoms with van der Waals surface area (Å²) >= 11 is 0. The summed E-state index contributed by atoms with van der Waals surface area (Å²) in [5, 5.41) is 9.04. The number of amides is 1. The average Bonchev–Trinajstić information content (AvgIpc) is 2.75. The summed E-state index contributed by atoms with van der Waals surface area (Å²) in [5.74, 6) is 0.0975. The molecule has 0 fully saturated rings. The molecule has 0 spiro atoms. The van der Waals surface area contributed by atoms with E-state index in [9.17, 15) is 4.79 Å². The topological polar surface area (TPSA) is 83.8 Å². The average molecular weight is 230 g/mol. The Bertz CT molecular complexity index is 516. The van der Waals surface area contributed by atoms with Gasteiger partial charge in [0.25, 0.3) is 5.91 Å². The van der Waals surface area contributed by atoms with Gasteiger partial charge in [-0.3, -0.25) is 9.89 Å². The molecular formula is C12H14N4O. The van der Waals surface area contributed by atoms with Crippen molar-refractivity contribution in [3.8, 4) is 0 Å². The molecule has 1 aromatic heterocycles. The van der Waals surface area contributed by atoms with Gasteiger partial charge in [-0.15, -0.1) is 0 Å². The fourth-order valence-electron chi connectivity index (χ4n) is 1.44. The third-order valence-corrected chi connectivity index (χ3v) is 2.42. The number of carbonyl (C=O) groups is 1. The third-order valence-electron chi connectivity index (χ3n) is 2.42. The molecule has 0 unspecified atom stereocenters. The Labute approximate surface area is 99.0 Å². The Morgan fingerprint density at radius 3 is 2.71 bits per heavy atom. The number of aromatic nitrogens is 2. The predicted molar refractivity (Wildman–Crippen MR) is 65.3 cm³/mol. The van der Waals surface area contributed by atoms with Gasteiger partial charge in [0.1, 0.15) is 11.5 Å². The molecule has 0 aliphatic rings. The fraction of sp³-hybridized carbons (Fsp3) is 0.167. The smallest absolute Gasteiger partial charge is 0.269 e. The molecule has 1 aromatic carbocycles. The van der Waals surface area contributed by atoms with Crippen molar-refractivity contribution in [2.45, 2.75) is 13.5 Å². The lowest BCUT2D eigenvalue weighted by Gasteiger charge is -2.03. The first-order valence-electron chi connectivity index (χ1n) is 5.30. The van der Waals surface area contributed by atoms with Crippen molar-refractivity contribution in [1.29, 1.82) is 0 Å². The number of rotatable bonds is 3. The Balaban J connectivity index is 1.94. The molecule has 1 heterocycles. The van der Waals surface area contributed by atoms with E-state index < -0.39 is 0 Å². The van der Waals surface area contributed by atoms with Gasteiger partial charge in [0, 0.05) is 12.6 Å². The number of aromatic amines is 1. The van der Waals surface area contributed by atoms with Crippen molar-refractivity contribution in [3.63, 3.8) is 0 Å². The van der Waals surface area contributed by atoms with E-state index in [2.05, 4.69) is 15.5 Å². The van der Waals surface area contributed by atoms with Crippen molar-refractivity contribution in [1.82, 2.24) is 15.5 Å². The summed E-state index contributed by atoms with van der Waals surface area (Å²) in [7, 11) is 0. The number of nitrogens with two attached hydrogens (primary N) is 1. The Morgan fingerprint density at radius 2 is 2.12 bits per heavy atom. The van der Waals surface area contributed by atoms with Crippen LogP contribution in [0.15, 0.2) is 30.3 Å². The van der Waals surface area contributed by atoms with Crippen molar-refractivity contribution in [2.24, 2.45) is 0 Å². The minimum Gasteiger partial charge on any atom is -0.382 e. The highest BCUT2D eigenvalue weighted by molar-refractivity contribution is 5.92. The summed E-state index contributed by atoms with van der Waals surface area (Å²) in [6, 6.07) is 9.49. The number of nitrogen functional groups attached to an aromatic ring is 1. The van der Waals surface area contributed by atoms with Gasteiger partial charge in [-0.05, 0) is 12.5 Å². The quantitative estimate of drug-likeness (QED) is 0.741. The van der Waals surface area contributed by atoms with Gasteiger partial charge in [-0.25, -0.2) is 0 Å². The minimum absolute atomic E-state index is 0.213. The summed E-state index contributed by atoms with van der Waals surface area (Å²) in [6.45, 7) is 2.51. The molecule has 4 N–H and O–H groups in total. The Hall–Kier alpha value is -2.30. The van der Waals surface area contributed by atoms with Crippen molar-refractivity contribution in [2.75, 3.05) is 5.73 Å². The number of hydrogen-bond donors (Lipinski definition) is 3. The summed E-state index contributed by atoms with van der Waals surface area (Å²) in [5.41, 5.74) is 8.04. The summed E-state index contributed by atoms with van der Waals surface area (Å²) in [4.78, 5) is 11.7. The summed E-state index contributed by atoms with van der Waals surface area (Å²) < 4.78 is 0. The van der Waals surface area contributed by atoms with Crippen molar-refractivity contribution >= 4 is 11.7 Å². The van der Waals surface area contributed by atoms with E-state index in [0.717, 1.165) is 5.56 Å². The first kappa shape index (κ1) is 11.2. The number of anilines is 1. The molecule has 5 heteroatoms. The van der Waals surface area contributed by atoms with E-state index in [4.69, 9.17) is 5.73 Å². The molecule has 0 aliphatic carbocycles. The predicted octanol–water partition coefficient (Wildman–Crippen LogP) is 1.23. The molecular weight excluding hydrogens is 216 g/mol. The van der Waals surface area contributed by atoms with Crippen LogP contribution in [0.25, 0.3) is 0 Å². The maximum absolute atomic E-state index is 11.7. The van der Waals surface area contributed by atoms with E-state index in [1.54, 1.807) is 0 Å². The lowest BCUT2D eigenvalue weighted by atomic mass is 10.1. The molecule has 88 valence electrons. The van der Waals surface area contributed by atoms with Gasteiger partial charge in [0.15, 0.2) is 0 Å². The van der Waals surface area contributed by atoms with Crippen LogP contribution in [0.4, 0.5) is 5.82 Å². The van der Waals surface area contributed by atoms with Gasteiger partial charge in [-0.1, -0.05) is 29.8 Å². The van der Waals surface area contributed by atoms with Crippen LogP contribution in [0.3, 0.4) is 0 Å². The third kappa shape index (κ3) is 2.84. The van der Waals surface area contributed by atoms with Gasteiger partial charge < -0.3 is 11.1 Å². The molecule has 0 radical (unpaired) electrons. The summed E-state index contributed by atoms with van der Waals surface area (Å²) in [6.07, 6.45) is 0. The number of carbonyl (C=O) groups excluding carboxylic acids is 1. The minimum atomic E-state index is -0.213.